The first-order valence-corrected chi connectivity index (χ1v) is 15.5. The van der Waals surface area contributed by atoms with Crippen LogP contribution in [0.2, 0.25) is 0 Å². The largest absolute Gasteiger partial charge is 0.396 e. The summed E-state index contributed by atoms with van der Waals surface area (Å²) in [6, 6.07) is 0. The second-order valence-corrected chi connectivity index (χ2v) is 12.6. The molecule has 3 heteroatoms. The standard InChI is InChI=1S/C14H24O.2C10H15.C4H8O.Lu/c1-10-11(2)13(4)14(5,12(10)3)8-6-7-9-15;2*1-6-7(2)9(4)10(5)8(6)3;1-2-4-5-3-1;/h15H,6-9H2,1-5H3;2*1-5H3;1-4H2;. The number of aliphatic hydroxyl groups is 1. The number of unbranched alkanes of at least 4 members (excludes halogenated alkanes) is 1. The van der Waals surface area contributed by atoms with Gasteiger partial charge in [-0.3, -0.25) is 0 Å². The number of hydrogen-bond donors (Lipinski definition) is 1. The zero-order chi connectivity index (χ0) is 30.9. The number of aliphatic hydroxyl groups excluding tert-OH is 1. The first-order chi connectivity index (χ1) is 18.6. The third-order valence-electron chi connectivity index (χ3n) is 10.9. The van der Waals surface area contributed by atoms with Crippen molar-refractivity contribution in [3.8, 4) is 0 Å². The van der Waals surface area contributed by atoms with Crippen LogP contribution in [0.4, 0.5) is 0 Å². The van der Waals surface area contributed by atoms with Gasteiger partial charge in [-0.1, -0.05) is 87.3 Å². The molecule has 0 bridgehead atoms. The van der Waals surface area contributed by atoms with Gasteiger partial charge in [0, 0.05) is 62.1 Å². The van der Waals surface area contributed by atoms with Gasteiger partial charge in [-0.25, -0.2) is 0 Å². The number of hydrogen-bond acceptors (Lipinski definition) is 2. The van der Waals surface area contributed by atoms with E-state index in [9.17, 15) is 0 Å². The third-order valence-corrected chi connectivity index (χ3v) is 10.9. The van der Waals surface area contributed by atoms with E-state index in [1.807, 2.05) is 0 Å². The summed E-state index contributed by atoms with van der Waals surface area (Å²) in [5.74, 6) is 14.7. The fourth-order valence-electron chi connectivity index (χ4n) is 5.96. The Hall–Kier alpha value is 0.634. The number of allylic oxidation sites excluding steroid dienone is 4. The van der Waals surface area contributed by atoms with Crippen LogP contribution in [0.25, 0.3) is 0 Å². The van der Waals surface area contributed by atoms with Crippen molar-refractivity contribution < 1.29 is 46.7 Å². The van der Waals surface area contributed by atoms with Crippen LogP contribution in [0.1, 0.15) is 136 Å². The van der Waals surface area contributed by atoms with E-state index in [1.165, 1.54) is 101 Å². The van der Waals surface area contributed by atoms with Crippen LogP contribution in [0, 0.1) is 101 Å². The van der Waals surface area contributed by atoms with Crippen molar-refractivity contribution in [2.24, 2.45) is 5.41 Å². The van der Waals surface area contributed by atoms with Gasteiger partial charge < -0.3 is 9.84 Å². The van der Waals surface area contributed by atoms with Gasteiger partial charge in [0.2, 0.25) is 0 Å². The van der Waals surface area contributed by atoms with Crippen LogP contribution in [0.5, 0.6) is 0 Å². The smallest absolute Gasteiger partial charge is 0.0466 e. The summed E-state index contributed by atoms with van der Waals surface area (Å²) in [6.45, 7) is 35.6. The molecular formula is C38H62LuO2. The van der Waals surface area contributed by atoms with E-state index < -0.39 is 0 Å². The molecule has 2 nitrogen and oxygen atoms in total. The molecule has 41 heavy (non-hydrogen) atoms. The normalized spacial score (nSPS) is 24.3. The van der Waals surface area contributed by atoms with E-state index >= 15 is 0 Å². The molecule has 0 atom stereocenters. The van der Waals surface area contributed by atoms with Gasteiger partial charge in [0.1, 0.15) is 0 Å². The third kappa shape index (κ3) is 10.6. The Kier molecular flexibility index (Phi) is 19.5. The van der Waals surface area contributed by atoms with Crippen LogP contribution in [-0.4, -0.2) is 24.9 Å². The van der Waals surface area contributed by atoms with E-state index in [0.717, 1.165) is 26.1 Å². The zero-order valence-corrected chi connectivity index (χ0v) is 30.9. The molecule has 1 aliphatic heterocycles. The molecule has 1 N–H and O–H groups in total. The van der Waals surface area contributed by atoms with Gasteiger partial charge in [0.15, 0.2) is 0 Å². The van der Waals surface area contributed by atoms with Gasteiger partial charge in [0.05, 0.1) is 0 Å². The quantitative estimate of drug-likeness (QED) is 0.293. The second-order valence-electron chi connectivity index (χ2n) is 12.6. The van der Waals surface area contributed by atoms with Crippen molar-refractivity contribution >= 4 is 0 Å². The Morgan fingerprint density at radius 1 is 0.512 bits per heavy atom. The first kappa shape index (κ1) is 41.6. The maximum Gasteiger partial charge on any atom is 0.0466 e. The predicted octanol–water partition coefficient (Wildman–Crippen LogP) is 10.6. The summed E-state index contributed by atoms with van der Waals surface area (Å²) < 4.78 is 4.94. The van der Waals surface area contributed by atoms with E-state index in [-0.39, 0.29) is 42.3 Å². The minimum absolute atomic E-state index is 0. The summed E-state index contributed by atoms with van der Waals surface area (Å²) in [5, 5.41) is 8.84. The molecule has 11 radical (unpaired) electrons. The van der Waals surface area contributed by atoms with E-state index in [0.29, 0.717) is 6.61 Å². The summed E-state index contributed by atoms with van der Waals surface area (Å²) in [4.78, 5) is 0. The molecular weight excluding hydrogens is 663 g/mol. The molecule has 3 aliphatic carbocycles. The van der Waals surface area contributed by atoms with E-state index in [1.54, 1.807) is 0 Å². The van der Waals surface area contributed by atoms with Crippen LogP contribution in [0.15, 0.2) is 22.3 Å². The molecule has 3 fully saturated rings. The maximum absolute atomic E-state index is 8.84. The molecule has 241 valence electrons. The summed E-state index contributed by atoms with van der Waals surface area (Å²) >= 11 is 0. The summed E-state index contributed by atoms with van der Waals surface area (Å²) in [6.07, 6.45) is 5.76. The number of ether oxygens (including phenoxy) is 1. The molecule has 0 unspecified atom stereocenters. The van der Waals surface area contributed by atoms with Crippen LogP contribution in [-0.2, 0) is 4.74 Å². The van der Waals surface area contributed by atoms with Gasteiger partial charge in [-0.15, -0.1) is 0 Å². The number of rotatable bonds is 4. The average Bonchev–Trinajstić information content (AvgIpc) is 3.66. The van der Waals surface area contributed by atoms with Gasteiger partial charge >= 0.3 is 0 Å². The Morgan fingerprint density at radius 3 is 0.976 bits per heavy atom. The molecule has 1 saturated heterocycles. The van der Waals surface area contributed by atoms with Crippen molar-refractivity contribution in [1.29, 1.82) is 0 Å². The second kappa shape index (κ2) is 19.2. The zero-order valence-electron chi connectivity index (χ0n) is 29.3. The minimum Gasteiger partial charge on any atom is -0.396 e. The summed E-state index contributed by atoms with van der Waals surface area (Å²) in [5.41, 5.74) is 6.24. The van der Waals surface area contributed by atoms with Crippen LogP contribution in [0.3, 0.4) is 0 Å². The van der Waals surface area contributed by atoms with Crippen molar-refractivity contribution in [3.05, 3.63) is 81.5 Å². The molecule has 2 saturated carbocycles. The molecule has 0 spiro atoms. The Balaban J connectivity index is 0.000000544. The van der Waals surface area contributed by atoms with Crippen molar-refractivity contribution in [3.63, 3.8) is 0 Å². The molecule has 4 aliphatic rings. The van der Waals surface area contributed by atoms with Gasteiger partial charge in [-0.2, -0.15) is 0 Å². The Morgan fingerprint density at radius 2 is 0.780 bits per heavy atom. The maximum atomic E-state index is 8.84. The van der Waals surface area contributed by atoms with Crippen LogP contribution < -0.4 is 0 Å². The molecule has 0 aromatic carbocycles. The molecule has 0 amide bonds. The van der Waals surface area contributed by atoms with Gasteiger partial charge in [0.25, 0.3) is 0 Å². The minimum atomic E-state index is 0. The molecule has 4 rings (SSSR count). The Bertz CT molecular complexity index is 658. The average molecular weight is 726 g/mol. The SMILES string of the molecule is C1CCOC1.CC1=C(C)C(C)(CCCCO)C(C)=C1C.C[C]1[C](C)[C](C)[C](C)[C]1C.C[C]1[C](C)[C](C)[C](C)[C]1C.[Lu]. The molecule has 0 aromatic heterocycles. The fraction of sp³-hybridized carbons (Fsp3) is 0.632. The predicted molar refractivity (Wildman–Crippen MR) is 175 cm³/mol. The monoisotopic (exact) mass is 725 g/mol. The fourth-order valence-corrected chi connectivity index (χ4v) is 5.96. The topological polar surface area (TPSA) is 29.5 Å². The van der Waals surface area contributed by atoms with Crippen molar-refractivity contribution in [1.82, 2.24) is 0 Å². The first-order valence-electron chi connectivity index (χ1n) is 15.5. The van der Waals surface area contributed by atoms with E-state index in [4.69, 9.17) is 9.84 Å². The van der Waals surface area contributed by atoms with Gasteiger partial charge in [-0.05, 0) is 130 Å². The molecule has 1 heterocycles. The summed E-state index contributed by atoms with van der Waals surface area (Å²) in [7, 11) is 0. The van der Waals surface area contributed by atoms with Crippen molar-refractivity contribution in [2.75, 3.05) is 19.8 Å². The Labute approximate surface area is 287 Å². The van der Waals surface area contributed by atoms with Crippen molar-refractivity contribution in [2.45, 2.75) is 136 Å². The van der Waals surface area contributed by atoms with E-state index in [2.05, 4.69) is 104 Å². The van der Waals surface area contributed by atoms with Crippen LogP contribution >= 0.6 is 0 Å². The molecule has 0 aromatic rings.